The highest BCUT2D eigenvalue weighted by Crippen LogP contribution is 2.19. The Kier molecular flexibility index (Phi) is 9.29. The summed E-state index contributed by atoms with van der Waals surface area (Å²) in [5, 5.41) is 10.9. The van der Waals surface area contributed by atoms with Gasteiger partial charge in [0, 0.05) is 25.6 Å². The van der Waals surface area contributed by atoms with E-state index >= 15 is 0 Å². The quantitative estimate of drug-likeness (QED) is 0.569. The van der Waals surface area contributed by atoms with Crippen molar-refractivity contribution in [3.8, 4) is 0 Å². The number of carboxylic acid groups (broad SMARTS) is 1. The summed E-state index contributed by atoms with van der Waals surface area (Å²) in [6, 6.07) is 3.91. The molecule has 10 heteroatoms. The molecule has 31 heavy (non-hydrogen) atoms. The SMILES string of the molecule is CN(CCC/C(F)=C(/F)C(NC(=O)OC(C)(C)C)C(=O)O)C(=O)c1ccccc1C=O. The molecular weight excluding hydrogens is 414 g/mol. The summed E-state index contributed by atoms with van der Waals surface area (Å²) >= 11 is 0. The maximum Gasteiger partial charge on any atom is 0.408 e. The monoisotopic (exact) mass is 440 g/mol. The van der Waals surface area contributed by atoms with Gasteiger partial charge >= 0.3 is 12.1 Å². The van der Waals surface area contributed by atoms with E-state index in [0.717, 1.165) is 0 Å². The molecule has 0 spiro atoms. The number of aliphatic carboxylic acids is 1. The zero-order valence-corrected chi connectivity index (χ0v) is 17.8. The first-order chi connectivity index (χ1) is 14.4. The number of aldehydes is 1. The second kappa shape index (κ2) is 11.2. The first kappa shape index (κ1) is 25.7. The molecule has 0 aliphatic rings. The molecule has 0 bridgehead atoms. The maximum absolute atomic E-state index is 14.3. The van der Waals surface area contributed by atoms with Gasteiger partial charge in [-0.05, 0) is 33.3 Å². The van der Waals surface area contributed by atoms with Gasteiger partial charge in [-0.25, -0.2) is 18.4 Å². The number of amides is 2. The maximum atomic E-state index is 14.3. The summed E-state index contributed by atoms with van der Waals surface area (Å²) in [5.74, 6) is -5.28. The van der Waals surface area contributed by atoms with E-state index in [1.807, 2.05) is 0 Å². The molecule has 1 aromatic rings. The molecule has 0 saturated carbocycles. The molecule has 0 heterocycles. The van der Waals surface area contributed by atoms with Crippen LogP contribution in [0.5, 0.6) is 0 Å². The highest BCUT2D eigenvalue weighted by molar-refractivity contribution is 6.01. The highest BCUT2D eigenvalue weighted by atomic mass is 19.2. The third-order valence-corrected chi connectivity index (χ3v) is 3.98. The average molecular weight is 440 g/mol. The molecule has 1 aromatic carbocycles. The van der Waals surface area contributed by atoms with Crippen LogP contribution >= 0.6 is 0 Å². The zero-order valence-electron chi connectivity index (χ0n) is 17.8. The Labute approximate surface area is 178 Å². The van der Waals surface area contributed by atoms with E-state index in [1.165, 1.54) is 44.9 Å². The van der Waals surface area contributed by atoms with Crippen LogP contribution in [0.1, 0.15) is 54.3 Å². The van der Waals surface area contributed by atoms with Crippen molar-refractivity contribution in [2.45, 2.75) is 45.3 Å². The van der Waals surface area contributed by atoms with Crippen molar-refractivity contribution in [3.05, 3.63) is 47.0 Å². The van der Waals surface area contributed by atoms with Gasteiger partial charge < -0.3 is 20.1 Å². The van der Waals surface area contributed by atoms with E-state index in [1.54, 1.807) is 17.4 Å². The van der Waals surface area contributed by atoms with E-state index in [9.17, 15) is 28.0 Å². The molecule has 0 saturated heterocycles. The Hall–Kier alpha value is -3.30. The van der Waals surface area contributed by atoms with Gasteiger partial charge in [-0.2, -0.15) is 0 Å². The van der Waals surface area contributed by atoms with Crippen LogP contribution in [-0.2, 0) is 9.53 Å². The van der Waals surface area contributed by atoms with Crippen LogP contribution in [0.4, 0.5) is 13.6 Å². The van der Waals surface area contributed by atoms with Crippen molar-refractivity contribution < 1.29 is 37.8 Å². The number of alkyl carbamates (subject to hydrolysis) is 1. The van der Waals surface area contributed by atoms with E-state index in [2.05, 4.69) is 0 Å². The second-order valence-corrected chi connectivity index (χ2v) is 7.71. The number of carbonyl (C=O) groups excluding carboxylic acids is 3. The molecule has 2 amide bonds. The first-order valence-electron chi connectivity index (χ1n) is 9.43. The smallest absolute Gasteiger partial charge is 0.408 e. The Morgan fingerprint density at radius 3 is 2.39 bits per heavy atom. The number of hydrogen-bond acceptors (Lipinski definition) is 5. The minimum atomic E-state index is -2.24. The van der Waals surface area contributed by atoms with Crippen LogP contribution in [0.2, 0.25) is 0 Å². The number of nitrogens with one attached hydrogen (secondary N) is 1. The van der Waals surface area contributed by atoms with Crippen LogP contribution in [0.15, 0.2) is 35.9 Å². The fourth-order valence-corrected chi connectivity index (χ4v) is 2.51. The zero-order chi connectivity index (χ0) is 23.8. The first-order valence-corrected chi connectivity index (χ1v) is 9.43. The van der Waals surface area contributed by atoms with Crippen LogP contribution in [-0.4, -0.2) is 59.5 Å². The number of rotatable bonds is 9. The Balaban J connectivity index is 2.75. The number of carboxylic acids is 1. The molecule has 1 unspecified atom stereocenters. The normalized spacial score (nSPS) is 13.0. The van der Waals surface area contributed by atoms with Crippen LogP contribution < -0.4 is 5.32 Å². The predicted octanol–water partition coefficient (Wildman–Crippen LogP) is 3.48. The Morgan fingerprint density at radius 2 is 1.84 bits per heavy atom. The molecule has 0 aliphatic carbocycles. The second-order valence-electron chi connectivity index (χ2n) is 7.71. The number of halogens is 2. The molecule has 8 nitrogen and oxygen atoms in total. The standard InChI is InChI=1S/C21H26F2N2O6/c1-21(2,3)31-20(30)24-17(19(28)29)16(23)15(22)10-7-11-25(4)18(27)14-9-6-5-8-13(14)12-26/h5-6,8-9,12,17H,7,10-11H2,1-4H3,(H,24,30)(H,28,29)/b16-15-. The molecule has 2 N–H and O–H groups in total. The summed E-state index contributed by atoms with van der Waals surface area (Å²) in [6.45, 7) is 4.60. The van der Waals surface area contributed by atoms with Crippen LogP contribution in [0, 0.1) is 0 Å². The number of allylic oxidation sites excluding steroid dienone is 1. The van der Waals surface area contributed by atoms with Gasteiger partial charge in [-0.1, -0.05) is 18.2 Å². The Bertz CT molecular complexity index is 864. The minimum absolute atomic E-state index is 0.0178. The number of hydrogen-bond donors (Lipinski definition) is 2. The van der Waals surface area contributed by atoms with Gasteiger partial charge in [0.15, 0.2) is 18.2 Å². The van der Waals surface area contributed by atoms with E-state index < -0.39 is 47.7 Å². The largest absolute Gasteiger partial charge is 0.479 e. The number of ether oxygens (including phenoxy) is 1. The lowest BCUT2D eigenvalue weighted by atomic mass is 10.1. The van der Waals surface area contributed by atoms with E-state index in [-0.39, 0.29) is 24.1 Å². The molecule has 0 radical (unpaired) electrons. The van der Waals surface area contributed by atoms with Crippen LogP contribution in [0.3, 0.4) is 0 Å². The van der Waals surface area contributed by atoms with Crippen molar-refractivity contribution in [1.29, 1.82) is 0 Å². The lowest BCUT2D eigenvalue weighted by Gasteiger charge is -2.21. The summed E-state index contributed by atoms with van der Waals surface area (Å²) in [6.07, 6.45) is -1.19. The third-order valence-electron chi connectivity index (χ3n) is 3.98. The lowest BCUT2D eigenvalue weighted by molar-refractivity contribution is -0.138. The predicted molar refractivity (Wildman–Crippen MR) is 108 cm³/mol. The highest BCUT2D eigenvalue weighted by Gasteiger charge is 2.30. The summed E-state index contributed by atoms with van der Waals surface area (Å²) in [4.78, 5) is 47.6. The molecule has 0 fully saturated rings. The minimum Gasteiger partial charge on any atom is -0.479 e. The topological polar surface area (TPSA) is 113 Å². The number of carbonyl (C=O) groups is 4. The van der Waals surface area contributed by atoms with E-state index in [4.69, 9.17) is 9.84 Å². The summed E-state index contributed by atoms with van der Waals surface area (Å²) < 4.78 is 33.3. The third kappa shape index (κ3) is 8.15. The molecular formula is C21H26F2N2O6. The van der Waals surface area contributed by atoms with Gasteiger partial charge in [0.05, 0.1) is 5.56 Å². The van der Waals surface area contributed by atoms with E-state index in [0.29, 0.717) is 6.29 Å². The van der Waals surface area contributed by atoms with Gasteiger partial charge in [-0.3, -0.25) is 9.59 Å². The van der Waals surface area contributed by atoms with Crippen molar-refractivity contribution in [3.63, 3.8) is 0 Å². The van der Waals surface area contributed by atoms with Crippen LogP contribution in [0.25, 0.3) is 0 Å². The lowest BCUT2D eigenvalue weighted by Crippen LogP contribution is -2.44. The van der Waals surface area contributed by atoms with Gasteiger partial charge in [-0.15, -0.1) is 0 Å². The number of benzene rings is 1. The Morgan fingerprint density at radius 1 is 1.23 bits per heavy atom. The molecule has 0 aromatic heterocycles. The van der Waals surface area contributed by atoms with Crippen molar-refractivity contribution >= 4 is 24.3 Å². The molecule has 0 aliphatic heterocycles. The van der Waals surface area contributed by atoms with Crippen molar-refractivity contribution in [2.24, 2.45) is 0 Å². The summed E-state index contributed by atoms with van der Waals surface area (Å²) in [5.41, 5.74) is -0.575. The average Bonchev–Trinajstić information content (AvgIpc) is 2.69. The fraction of sp³-hybridized carbons (Fsp3) is 0.429. The van der Waals surface area contributed by atoms with Crippen molar-refractivity contribution in [2.75, 3.05) is 13.6 Å². The fourth-order valence-electron chi connectivity index (χ4n) is 2.51. The molecule has 170 valence electrons. The van der Waals surface area contributed by atoms with Gasteiger partial charge in [0.1, 0.15) is 11.4 Å². The van der Waals surface area contributed by atoms with Crippen molar-refractivity contribution in [1.82, 2.24) is 10.2 Å². The molecule has 1 atom stereocenters. The number of nitrogens with zero attached hydrogens (tertiary/aromatic N) is 1. The molecule has 1 rings (SSSR count). The summed E-state index contributed by atoms with van der Waals surface area (Å²) in [7, 11) is 1.44. The van der Waals surface area contributed by atoms with Gasteiger partial charge in [0.2, 0.25) is 0 Å². The van der Waals surface area contributed by atoms with Gasteiger partial charge in [0.25, 0.3) is 5.91 Å².